The number of primary amides is 1. The van der Waals surface area contributed by atoms with Crippen LogP contribution < -0.4 is 16.8 Å². The molecular weight excluding hydrogens is 194 g/mol. The van der Waals surface area contributed by atoms with Crippen LogP contribution in [0.4, 0.5) is 0 Å². The number of hydrogen-bond acceptors (Lipinski definition) is 3. The predicted octanol–water partition coefficient (Wildman–Crippen LogP) is -0.258. The van der Waals surface area contributed by atoms with Crippen LogP contribution in [-0.4, -0.2) is 24.4 Å². The van der Waals surface area contributed by atoms with Crippen LogP contribution in [0.1, 0.15) is 33.6 Å². The lowest BCUT2D eigenvalue weighted by atomic mass is 9.87. The van der Waals surface area contributed by atoms with Crippen LogP contribution in [0.15, 0.2) is 0 Å². The van der Waals surface area contributed by atoms with Gasteiger partial charge in [0.15, 0.2) is 0 Å². The first-order chi connectivity index (χ1) is 6.75. The summed E-state index contributed by atoms with van der Waals surface area (Å²) in [6, 6.07) is -0.536. The fourth-order valence-corrected chi connectivity index (χ4v) is 0.977. The Labute approximate surface area is 90.6 Å². The molecule has 0 heterocycles. The number of rotatable bonds is 5. The van der Waals surface area contributed by atoms with E-state index >= 15 is 0 Å². The summed E-state index contributed by atoms with van der Waals surface area (Å²) in [7, 11) is 0. The fourth-order valence-electron chi connectivity index (χ4n) is 0.977. The zero-order valence-electron chi connectivity index (χ0n) is 9.67. The summed E-state index contributed by atoms with van der Waals surface area (Å²) in [5, 5.41) is 2.67. The minimum Gasteiger partial charge on any atom is -0.370 e. The topological polar surface area (TPSA) is 98.2 Å². The molecule has 0 spiro atoms. The first-order valence-electron chi connectivity index (χ1n) is 5.06. The second-order valence-electron chi connectivity index (χ2n) is 4.70. The van der Waals surface area contributed by atoms with Crippen molar-refractivity contribution in [3.05, 3.63) is 0 Å². The third-order valence-electron chi connectivity index (χ3n) is 2.11. The van der Waals surface area contributed by atoms with E-state index in [1.807, 2.05) is 20.8 Å². The van der Waals surface area contributed by atoms with Gasteiger partial charge in [-0.2, -0.15) is 0 Å². The Balaban J connectivity index is 3.80. The van der Waals surface area contributed by atoms with Gasteiger partial charge >= 0.3 is 0 Å². The van der Waals surface area contributed by atoms with Crippen LogP contribution in [-0.2, 0) is 9.59 Å². The lowest BCUT2D eigenvalue weighted by Crippen LogP contribution is -2.48. The Morgan fingerprint density at radius 1 is 1.33 bits per heavy atom. The number of nitrogens with one attached hydrogen (secondary N) is 1. The summed E-state index contributed by atoms with van der Waals surface area (Å²) >= 11 is 0. The predicted molar refractivity (Wildman–Crippen MR) is 58.9 cm³/mol. The lowest BCUT2D eigenvalue weighted by Gasteiger charge is -2.25. The van der Waals surface area contributed by atoms with Gasteiger partial charge in [-0.05, 0) is 11.8 Å². The van der Waals surface area contributed by atoms with E-state index in [2.05, 4.69) is 5.32 Å². The van der Waals surface area contributed by atoms with Crippen LogP contribution in [0, 0.1) is 5.41 Å². The molecule has 0 aliphatic heterocycles. The first-order valence-corrected chi connectivity index (χ1v) is 5.06. The van der Waals surface area contributed by atoms with Crippen LogP contribution in [0.5, 0.6) is 0 Å². The molecule has 1 atom stereocenters. The van der Waals surface area contributed by atoms with Gasteiger partial charge in [-0.1, -0.05) is 20.8 Å². The molecular formula is C10H21N3O2. The molecule has 0 rings (SSSR count). The highest BCUT2D eigenvalue weighted by molar-refractivity contribution is 5.82. The Kier molecular flexibility index (Phi) is 5.28. The summed E-state index contributed by atoms with van der Waals surface area (Å²) in [5.74, 6) is -0.545. The molecule has 0 aliphatic carbocycles. The SMILES string of the molecule is CC(C)(C)[C@H](N)C(=O)NCCCC(N)=O. The standard InChI is InChI=1S/C10H21N3O2/c1-10(2,3)8(12)9(15)13-6-4-5-7(11)14/h8H,4-6,12H2,1-3H3,(H2,11,14)(H,13,15)/t8-/m1/s1. The zero-order chi connectivity index (χ0) is 12.1. The number of carbonyl (C=O) groups excluding carboxylic acids is 2. The van der Waals surface area contributed by atoms with E-state index < -0.39 is 6.04 Å². The number of amides is 2. The van der Waals surface area contributed by atoms with E-state index in [0.717, 1.165) is 0 Å². The maximum absolute atomic E-state index is 11.5. The highest BCUT2D eigenvalue weighted by Gasteiger charge is 2.26. The number of carbonyl (C=O) groups is 2. The molecule has 0 saturated heterocycles. The van der Waals surface area contributed by atoms with Crippen molar-refractivity contribution in [2.24, 2.45) is 16.9 Å². The van der Waals surface area contributed by atoms with E-state index in [1.165, 1.54) is 0 Å². The van der Waals surface area contributed by atoms with Gasteiger partial charge in [0, 0.05) is 13.0 Å². The van der Waals surface area contributed by atoms with Crippen LogP contribution in [0.3, 0.4) is 0 Å². The summed E-state index contributed by atoms with van der Waals surface area (Å²) in [6.45, 7) is 6.15. The Hall–Kier alpha value is -1.10. The van der Waals surface area contributed by atoms with Crippen molar-refractivity contribution in [1.82, 2.24) is 5.32 Å². The molecule has 2 amide bonds. The summed E-state index contributed by atoms with van der Waals surface area (Å²) in [4.78, 5) is 21.9. The van der Waals surface area contributed by atoms with Gasteiger partial charge < -0.3 is 16.8 Å². The second-order valence-corrected chi connectivity index (χ2v) is 4.70. The first kappa shape index (κ1) is 13.9. The number of nitrogens with two attached hydrogens (primary N) is 2. The van der Waals surface area contributed by atoms with Gasteiger partial charge in [0.05, 0.1) is 6.04 Å². The lowest BCUT2D eigenvalue weighted by molar-refractivity contribution is -0.125. The quantitative estimate of drug-likeness (QED) is 0.551. The molecule has 0 aromatic rings. The van der Waals surface area contributed by atoms with Crippen molar-refractivity contribution in [2.75, 3.05) is 6.54 Å². The highest BCUT2D eigenvalue weighted by Crippen LogP contribution is 2.16. The Morgan fingerprint density at radius 2 is 1.87 bits per heavy atom. The Bertz CT molecular complexity index is 233. The fraction of sp³-hybridized carbons (Fsp3) is 0.800. The normalized spacial score (nSPS) is 13.3. The maximum Gasteiger partial charge on any atom is 0.237 e. The van der Waals surface area contributed by atoms with Crippen LogP contribution in [0.2, 0.25) is 0 Å². The Morgan fingerprint density at radius 3 is 2.27 bits per heavy atom. The number of hydrogen-bond donors (Lipinski definition) is 3. The maximum atomic E-state index is 11.5. The van der Waals surface area contributed by atoms with Crippen molar-refractivity contribution in [2.45, 2.75) is 39.7 Å². The van der Waals surface area contributed by atoms with Gasteiger partial charge in [0.25, 0.3) is 0 Å². The molecule has 5 nitrogen and oxygen atoms in total. The molecule has 0 aromatic heterocycles. The van der Waals surface area contributed by atoms with E-state index in [0.29, 0.717) is 13.0 Å². The second kappa shape index (κ2) is 5.70. The third kappa shape index (κ3) is 6.06. The molecule has 0 aromatic carbocycles. The van der Waals surface area contributed by atoms with Crippen molar-refractivity contribution in [3.8, 4) is 0 Å². The molecule has 88 valence electrons. The minimum atomic E-state index is -0.536. The van der Waals surface area contributed by atoms with Crippen molar-refractivity contribution in [1.29, 1.82) is 0 Å². The molecule has 0 saturated carbocycles. The molecule has 0 fully saturated rings. The van der Waals surface area contributed by atoms with E-state index in [-0.39, 0.29) is 23.7 Å². The molecule has 5 N–H and O–H groups in total. The molecule has 5 heteroatoms. The van der Waals surface area contributed by atoms with Gasteiger partial charge in [-0.3, -0.25) is 9.59 Å². The molecule has 0 unspecified atom stereocenters. The van der Waals surface area contributed by atoms with Crippen molar-refractivity contribution in [3.63, 3.8) is 0 Å². The summed E-state index contributed by atoms with van der Waals surface area (Å²) in [6.07, 6.45) is 0.836. The molecule has 0 radical (unpaired) electrons. The average molecular weight is 215 g/mol. The van der Waals surface area contributed by atoms with Gasteiger partial charge in [0.2, 0.25) is 11.8 Å². The molecule has 0 bridgehead atoms. The zero-order valence-corrected chi connectivity index (χ0v) is 9.67. The van der Waals surface area contributed by atoms with E-state index in [1.54, 1.807) is 0 Å². The third-order valence-corrected chi connectivity index (χ3v) is 2.11. The van der Waals surface area contributed by atoms with Crippen LogP contribution >= 0.6 is 0 Å². The van der Waals surface area contributed by atoms with Crippen LogP contribution in [0.25, 0.3) is 0 Å². The van der Waals surface area contributed by atoms with Gasteiger partial charge in [-0.15, -0.1) is 0 Å². The monoisotopic (exact) mass is 215 g/mol. The molecule has 0 aliphatic rings. The summed E-state index contributed by atoms with van der Waals surface area (Å²) in [5.41, 5.74) is 10.4. The van der Waals surface area contributed by atoms with Gasteiger partial charge in [0.1, 0.15) is 0 Å². The van der Waals surface area contributed by atoms with E-state index in [4.69, 9.17) is 11.5 Å². The molecule has 15 heavy (non-hydrogen) atoms. The highest BCUT2D eigenvalue weighted by atomic mass is 16.2. The van der Waals surface area contributed by atoms with E-state index in [9.17, 15) is 9.59 Å². The average Bonchev–Trinajstić information content (AvgIpc) is 2.09. The van der Waals surface area contributed by atoms with Gasteiger partial charge in [-0.25, -0.2) is 0 Å². The minimum absolute atomic E-state index is 0.188. The van der Waals surface area contributed by atoms with Crippen molar-refractivity contribution < 1.29 is 9.59 Å². The van der Waals surface area contributed by atoms with Crippen molar-refractivity contribution >= 4 is 11.8 Å². The largest absolute Gasteiger partial charge is 0.370 e. The smallest absolute Gasteiger partial charge is 0.237 e. The summed E-state index contributed by atoms with van der Waals surface area (Å²) < 4.78 is 0.